The molecule has 2 aliphatic heterocycles. The zero-order valence-electron chi connectivity index (χ0n) is 38.5. The van der Waals surface area contributed by atoms with Gasteiger partial charge in [0, 0.05) is 48.5 Å². The summed E-state index contributed by atoms with van der Waals surface area (Å²) in [6.07, 6.45) is 12.4. The Balaban J connectivity index is 0.00000748. The summed E-state index contributed by atoms with van der Waals surface area (Å²) in [5.74, 6) is 17.2. The maximum atomic E-state index is 11.1. The summed E-state index contributed by atoms with van der Waals surface area (Å²) in [7, 11) is 0. The molecule has 2 aromatic rings. The quantitative estimate of drug-likeness (QED) is 0.0505. The first-order chi connectivity index (χ1) is 29.7. The molecule has 12 heteroatoms. The first kappa shape index (κ1) is 50.8. The van der Waals surface area contributed by atoms with E-state index in [4.69, 9.17) is 42.1 Å². The highest BCUT2D eigenvalue weighted by molar-refractivity contribution is 5.69. The molecule has 354 valence electrons. The zero-order valence-corrected chi connectivity index (χ0v) is 38.5. The van der Waals surface area contributed by atoms with E-state index < -0.39 is 12.6 Å². The molecule has 0 aromatic heterocycles. The van der Waals surface area contributed by atoms with E-state index >= 15 is 0 Å². The Hall–Kier alpha value is -3.20. The smallest absolute Gasteiger partial charge is 0.157 e. The van der Waals surface area contributed by atoms with E-state index in [1.165, 1.54) is 35.7 Å². The maximum absolute atomic E-state index is 11.1. The second-order valence-corrected chi connectivity index (χ2v) is 19.6. The van der Waals surface area contributed by atoms with Crippen LogP contribution in [0.2, 0.25) is 0 Å². The molecule has 2 aromatic carbocycles. The minimum absolute atomic E-state index is 0. The van der Waals surface area contributed by atoms with Crippen LogP contribution in [0.5, 0.6) is 0 Å². The SMILES string of the molecule is C.CC1CCC2C(CO1)[C@H](C(C)[C@@H](O)OCC/C(N)=C/N(N)c1ccc(-c3ccc(N(N)/C=C(\N)CCO[C@H](O)C(C)C4CC[C@@H](C)[C@@H]5CCC(C)OCC45)cc3)cc1)CC[C@H]2C. The Morgan fingerprint density at radius 2 is 0.968 bits per heavy atom. The van der Waals surface area contributed by atoms with Crippen LogP contribution in [0.15, 0.2) is 72.3 Å². The second kappa shape index (κ2) is 23.8. The number of aliphatic hydroxyl groups excluding tert-OH is 2. The first-order valence-corrected chi connectivity index (χ1v) is 23.7. The van der Waals surface area contributed by atoms with Gasteiger partial charge in [-0.15, -0.1) is 0 Å². The summed E-state index contributed by atoms with van der Waals surface area (Å²) >= 11 is 0. The highest BCUT2D eigenvalue weighted by Gasteiger charge is 2.44. The van der Waals surface area contributed by atoms with Crippen LogP contribution in [0, 0.1) is 59.2 Å². The molecule has 12 nitrogen and oxygen atoms in total. The molecule has 2 saturated heterocycles. The highest BCUT2D eigenvalue weighted by atomic mass is 16.6. The van der Waals surface area contributed by atoms with Crippen LogP contribution in [-0.2, 0) is 18.9 Å². The number of aliphatic hydroxyl groups is 2. The van der Waals surface area contributed by atoms with Gasteiger partial charge in [0.05, 0.1) is 50.0 Å². The van der Waals surface area contributed by atoms with Gasteiger partial charge in [-0.2, -0.15) is 0 Å². The van der Waals surface area contributed by atoms with Crippen molar-refractivity contribution in [3.8, 4) is 11.1 Å². The Bertz CT molecular complexity index is 1600. The summed E-state index contributed by atoms with van der Waals surface area (Å²) in [5, 5.41) is 25.1. The summed E-state index contributed by atoms with van der Waals surface area (Å²) in [5.41, 5.74) is 17.4. The van der Waals surface area contributed by atoms with Gasteiger partial charge in [0.1, 0.15) is 0 Å². The van der Waals surface area contributed by atoms with Crippen LogP contribution >= 0.6 is 0 Å². The van der Waals surface area contributed by atoms with Crippen LogP contribution in [0.1, 0.15) is 113 Å². The molecule has 4 fully saturated rings. The van der Waals surface area contributed by atoms with E-state index in [1.807, 2.05) is 48.5 Å². The van der Waals surface area contributed by atoms with Crippen molar-refractivity contribution >= 4 is 11.4 Å². The van der Waals surface area contributed by atoms with E-state index in [2.05, 4.69) is 41.5 Å². The number of hydrazine groups is 2. The van der Waals surface area contributed by atoms with Crippen molar-refractivity contribution in [2.45, 2.75) is 138 Å². The predicted octanol–water partition coefficient (Wildman–Crippen LogP) is 8.63. The molecule has 0 bridgehead atoms. The lowest BCUT2D eigenvalue weighted by Gasteiger charge is -2.44. The van der Waals surface area contributed by atoms with Gasteiger partial charge in [0.15, 0.2) is 12.6 Å². The van der Waals surface area contributed by atoms with Gasteiger partial charge in [-0.25, -0.2) is 11.7 Å². The Morgan fingerprint density at radius 3 is 1.33 bits per heavy atom. The average molecular weight is 877 g/mol. The molecule has 2 saturated carbocycles. The molecule has 4 aliphatic rings. The second-order valence-electron chi connectivity index (χ2n) is 19.6. The molecule has 6 rings (SSSR count). The van der Waals surface area contributed by atoms with Crippen molar-refractivity contribution in [2.75, 3.05) is 36.4 Å². The van der Waals surface area contributed by atoms with Crippen molar-refractivity contribution in [3.05, 3.63) is 72.3 Å². The average Bonchev–Trinajstić information content (AvgIpc) is 3.59. The van der Waals surface area contributed by atoms with E-state index in [-0.39, 0.29) is 19.3 Å². The van der Waals surface area contributed by atoms with Gasteiger partial charge in [0.2, 0.25) is 0 Å². The van der Waals surface area contributed by atoms with E-state index in [0.29, 0.717) is 97.0 Å². The molecule has 63 heavy (non-hydrogen) atoms. The van der Waals surface area contributed by atoms with Crippen molar-refractivity contribution in [2.24, 2.45) is 82.3 Å². The third-order valence-corrected chi connectivity index (χ3v) is 15.4. The standard InChI is InChI=1S/C50H80N6O6.CH4/c1-31-7-19-45(47-29-61-33(3)9-21-43(31)47)35(5)49(57)59-25-23-39(51)27-55(53)41-15-11-37(12-16-41)38-13-17-42(18-14-38)56(54)28-40(52)24-26-60-50(58)36(6)46-20-8-32(2)44-22-10-34(4)62-30-48(44)46;/h11-18,27-28,31-36,43-50,57-58H,7-10,19-26,29-30,51-54H2,1-6H3;1H4/b39-27-,40-28-;/t31-,32-,33?,34?,35?,36?,43+,44?,45?,46+,47?,48?,49+,50+;/m1./s1. The van der Waals surface area contributed by atoms with E-state index in [0.717, 1.165) is 61.4 Å². The fourth-order valence-corrected chi connectivity index (χ4v) is 11.2. The number of rotatable bonds is 17. The van der Waals surface area contributed by atoms with Gasteiger partial charge >= 0.3 is 0 Å². The number of ether oxygens (including phenoxy) is 4. The molecule has 2 heterocycles. The number of fused-ring (bicyclic) bond motifs is 2. The number of hydrogen-bond acceptors (Lipinski definition) is 12. The molecule has 2 aliphatic carbocycles. The third-order valence-electron chi connectivity index (χ3n) is 15.4. The first-order valence-electron chi connectivity index (χ1n) is 23.7. The lowest BCUT2D eigenvalue weighted by atomic mass is 9.62. The Labute approximate surface area is 379 Å². The fourth-order valence-electron chi connectivity index (χ4n) is 11.2. The molecule has 0 spiro atoms. The Kier molecular flexibility index (Phi) is 19.2. The molecule has 14 atom stereocenters. The molecule has 0 radical (unpaired) electrons. The highest BCUT2D eigenvalue weighted by Crippen LogP contribution is 2.48. The topological polar surface area (TPSA) is 188 Å². The van der Waals surface area contributed by atoms with Crippen LogP contribution in [0.25, 0.3) is 11.1 Å². The lowest BCUT2D eigenvalue weighted by molar-refractivity contribution is -0.157. The van der Waals surface area contributed by atoms with Crippen molar-refractivity contribution in [1.29, 1.82) is 0 Å². The minimum Gasteiger partial charge on any atom is -0.401 e. The fraction of sp³-hybridized carbons (Fsp3) is 0.686. The summed E-state index contributed by atoms with van der Waals surface area (Å²) in [6.45, 7) is 15.5. The lowest BCUT2D eigenvalue weighted by Crippen LogP contribution is -2.42. The van der Waals surface area contributed by atoms with Crippen molar-refractivity contribution in [3.63, 3.8) is 0 Å². The van der Waals surface area contributed by atoms with Crippen molar-refractivity contribution < 1.29 is 29.2 Å². The van der Waals surface area contributed by atoms with Crippen LogP contribution < -0.4 is 33.2 Å². The Morgan fingerprint density at radius 1 is 0.603 bits per heavy atom. The van der Waals surface area contributed by atoms with Crippen LogP contribution in [-0.4, -0.2) is 61.4 Å². The molecule has 10 N–H and O–H groups in total. The largest absolute Gasteiger partial charge is 0.401 e. The molecule has 0 amide bonds. The normalized spacial score (nSPS) is 31.2. The summed E-state index contributed by atoms with van der Waals surface area (Å²) in [6, 6.07) is 15.8. The number of nitrogens with zero attached hydrogens (tertiary/aromatic N) is 2. The summed E-state index contributed by atoms with van der Waals surface area (Å²) in [4.78, 5) is 0. The number of anilines is 2. The third kappa shape index (κ3) is 13.4. The molecular formula is C51H84N6O6. The summed E-state index contributed by atoms with van der Waals surface area (Å²) < 4.78 is 24.2. The predicted molar refractivity (Wildman–Crippen MR) is 255 cm³/mol. The maximum Gasteiger partial charge on any atom is 0.157 e. The van der Waals surface area contributed by atoms with Gasteiger partial charge < -0.3 is 40.6 Å². The van der Waals surface area contributed by atoms with Crippen LogP contribution in [0.3, 0.4) is 0 Å². The number of hydrogen-bond donors (Lipinski definition) is 6. The van der Waals surface area contributed by atoms with Gasteiger partial charge in [-0.1, -0.05) is 72.2 Å². The van der Waals surface area contributed by atoms with Crippen molar-refractivity contribution in [1.82, 2.24) is 0 Å². The van der Waals surface area contributed by atoms with E-state index in [1.54, 1.807) is 12.4 Å². The number of nitrogens with two attached hydrogens (primary N) is 4. The number of benzene rings is 2. The van der Waals surface area contributed by atoms with Gasteiger partial charge in [-0.05, 0) is 135 Å². The monoisotopic (exact) mass is 877 g/mol. The zero-order chi connectivity index (χ0) is 44.5. The molecular weight excluding hydrogens is 793 g/mol. The minimum atomic E-state index is -0.856. The van der Waals surface area contributed by atoms with E-state index in [9.17, 15) is 10.2 Å². The van der Waals surface area contributed by atoms with Crippen LogP contribution in [0.4, 0.5) is 11.4 Å². The van der Waals surface area contributed by atoms with Gasteiger partial charge in [-0.3, -0.25) is 10.0 Å². The van der Waals surface area contributed by atoms with Gasteiger partial charge in [0.25, 0.3) is 0 Å². The molecule has 8 unspecified atom stereocenters.